The summed E-state index contributed by atoms with van der Waals surface area (Å²) in [4.78, 5) is 11.2. The molecule has 0 spiro atoms. The van der Waals surface area contributed by atoms with Crippen LogP contribution in [-0.4, -0.2) is 32.4 Å². The van der Waals surface area contributed by atoms with Crippen LogP contribution < -0.4 is 5.73 Å². The van der Waals surface area contributed by atoms with E-state index in [1.165, 1.54) is 17.8 Å². The number of nitrogen functional groups attached to an aromatic ring is 1. The minimum atomic E-state index is -0.687. The van der Waals surface area contributed by atoms with Gasteiger partial charge in [0.05, 0.1) is 4.92 Å². The van der Waals surface area contributed by atoms with Gasteiger partial charge in [-0.2, -0.15) is 0 Å². The molecule has 112 valence electrons. The number of nitrogens with zero attached hydrogens (tertiary/aromatic N) is 1. The molecule has 0 aliphatic carbocycles. The molecule has 20 heavy (non-hydrogen) atoms. The van der Waals surface area contributed by atoms with Crippen molar-refractivity contribution in [3.63, 3.8) is 0 Å². The lowest BCUT2D eigenvalue weighted by atomic mass is 10.3. The Morgan fingerprint density at radius 1 is 1.40 bits per heavy atom. The van der Waals surface area contributed by atoms with Gasteiger partial charge in [0.15, 0.2) is 4.74 Å². The third kappa shape index (κ3) is 4.20. The fourth-order valence-corrected chi connectivity index (χ4v) is 4.65. The summed E-state index contributed by atoms with van der Waals surface area (Å²) in [6.07, 6.45) is 0. The van der Waals surface area contributed by atoms with E-state index in [0.717, 1.165) is 4.90 Å². The minimum absolute atomic E-state index is 0.0883. The van der Waals surface area contributed by atoms with Gasteiger partial charge in [-0.15, -0.1) is 0 Å². The highest BCUT2D eigenvalue weighted by molar-refractivity contribution is 8.01. The fraction of sp³-hybridized carbons (Fsp3) is 0.500. The Hall–Kier alpha value is -1.09. The molecule has 1 aromatic carbocycles. The SMILES string of the molecule is CCOC(OCC)([SiH2]C)Sc1ccc(N)c([N+](=O)[O-])c1. The number of rotatable bonds is 8. The van der Waals surface area contributed by atoms with E-state index in [-0.39, 0.29) is 11.4 Å². The second kappa shape index (κ2) is 7.63. The average molecular weight is 316 g/mol. The molecule has 8 heteroatoms. The molecule has 2 N–H and O–H groups in total. The van der Waals surface area contributed by atoms with E-state index in [0.29, 0.717) is 13.2 Å². The average Bonchev–Trinajstić information content (AvgIpc) is 2.41. The summed E-state index contributed by atoms with van der Waals surface area (Å²) >= 11 is 1.38. The number of nitro benzene ring substituents is 1. The van der Waals surface area contributed by atoms with Crippen LogP contribution in [0.3, 0.4) is 0 Å². The van der Waals surface area contributed by atoms with Crippen molar-refractivity contribution in [2.24, 2.45) is 0 Å². The normalized spacial score (nSPS) is 12.2. The maximum atomic E-state index is 10.9. The van der Waals surface area contributed by atoms with Gasteiger partial charge in [-0.1, -0.05) is 18.3 Å². The Morgan fingerprint density at radius 2 is 2.00 bits per heavy atom. The van der Waals surface area contributed by atoms with Crippen LogP contribution in [0.25, 0.3) is 0 Å². The highest BCUT2D eigenvalue weighted by Crippen LogP contribution is 2.37. The quantitative estimate of drug-likeness (QED) is 0.197. The number of nitrogens with two attached hydrogens (primary N) is 1. The molecule has 0 radical (unpaired) electrons. The first-order valence-corrected chi connectivity index (χ1v) is 9.42. The summed E-state index contributed by atoms with van der Waals surface area (Å²) in [5.74, 6) is 0. The van der Waals surface area contributed by atoms with Crippen molar-refractivity contribution in [2.75, 3.05) is 18.9 Å². The zero-order valence-corrected chi connectivity index (χ0v) is 14.1. The summed E-state index contributed by atoms with van der Waals surface area (Å²) in [5, 5.41) is 10.9. The molecular weight excluding hydrogens is 296 g/mol. The zero-order valence-electron chi connectivity index (χ0n) is 11.9. The lowest BCUT2D eigenvalue weighted by Gasteiger charge is -2.31. The Morgan fingerprint density at radius 3 is 2.45 bits per heavy atom. The second-order valence-electron chi connectivity index (χ2n) is 3.98. The zero-order chi connectivity index (χ0) is 15.2. The second-order valence-corrected chi connectivity index (χ2v) is 7.43. The van der Waals surface area contributed by atoms with Crippen molar-refractivity contribution in [1.29, 1.82) is 0 Å². The Kier molecular flexibility index (Phi) is 6.47. The van der Waals surface area contributed by atoms with E-state index in [1.807, 2.05) is 13.8 Å². The molecule has 0 fully saturated rings. The van der Waals surface area contributed by atoms with Gasteiger partial charge in [0, 0.05) is 24.2 Å². The third-order valence-electron chi connectivity index (χ3n) is 2.63. The van der Waals surface area contributed by atoms with Gasteiger partial charge < -0.3 is 15.2 Å². The van der Waals surface area contributed by atoms with Gasteiger partial charge in [0.2, 0.25) is 0 Å². The van der Waals surface area contributed by atoms with E-state index in [9.17, 15) is 10.1 Å². The monoisotopic (exact) mass is 316 g/mol. The first kappa shape index (κ1) is 17.0. The predicted molar refractivity (Wildman–Crippen MR) is 83.8 cm³/mol. The molecule has 0 amide bonds. The molecule has 1 aromatic rings. The van der Waals surface area contributed by atoms with E-state index < -0.39 is 19.2 Å². The number of ether oxygens (including phenoxy) is 2. The molecule has 0 saturated carbocycles. The third-order valence-corrected chi connectivity index (χ3v) is 6.24. The smallest absolute Gasteiger partial charge is 0.293 e. The van der Waals surface area contributed by atoms with E-state index >= 15 is 0 Å². The van der Waals surface area contributed by atoms with Gasteiger partial charge in [-0.05, 0) is 26.0 Å². The van der Waals surface area contributed by atoms with E-state index in [1.54, 1.807) is 12.1 Å². The summed E-state index contributed by atoms with van der Waals surface area (Å²) < 4.78 is 10.8. The highest BCUT2D eigenvalue weighted by Gasteiger charge is 2.31. The van der Waals surface area contributed by atoms with Crippen LogP contribution in [-0.2, 0) is 9.47 Å². The first-order valence-electron chi connectivity index (χ1n) is 6.48. The van der Waals surface area contributed by atoms with Gasteiger partial charge in [-0.25, -0.2) is 0 Å². The van der Waals surface area contributed by atoms with Crippen LogP contribution in [0.4, 0.5) is 11.4 Å². The van der Waals surface area contributed by atoms with Crippen LogP contribution in [0.15, 0.2) is 23.1 Å². The van der Waals surface area contributed by atoms with Crippen molar-refractivity contribution in [3.8, 4) is 0 Å². The van der Waals surface area contributed by atoms with Crippen molar-refractivity contribution in [3.05, 3.63) is 28.3 Å². The Labute approximate surface area is 125 Å². The number of benzene rings is 1. The number of anilines is 1. The molecule has 0 aliphatic heterocycles. The summed E-state index contributed by atoms with van der Waals surface area (Å²) in [6.45, 7) is 6.97. The molecule has 0 aliphatic rings. The van der Waals surface area contributed by atoms with Crippen LogP contribution in [0.2, 0.25) is 6.55 Å². The largest absolute Gasteiger partial charge is 0.393 e. The molecule has 0 aromatic heterocycles. The molecule has 0 unspecified atom stereocenters. The van der Waals surface area contributed by atoms with Gasteiger partial charge in [0.25, 0.3) is 5.69 Å². The molecule has 6 nitrogen and oxygen atoms in total. The summed E-state index contributed by atoms with van der Waals surface area (Å²) in [7, 11) is -0.669. The van der Waals surface area contributed by atoms with Crippen LogP contribution in [0.1, 0.15) is 13.8 Å². The fourth-order valence-electron chi connectivity index (χ4n) is 1.74. The summed E-state index contributed by atoms with van der Waals surface area (Å²) in [6, 6.07) is 4.76. The molecule has 0 atom stereocenters. The van der Waals surface area contributed by atoms with E-state index in [2.05, 4.69) is 6.55 Å². The minimum Gasteiger partial charge on any atom is -0.393 e. The molecular formula is C12H20N2O4SSi. The lowest BCUT2D eigenvalue weighted by Crippen LogP contribution is -2.37. The van der Waals surface area contributed by atoms with Crippen molar-refractivity contribution in [2.45, 2.75) is 30.0 Å². The predicted octanol–water partition coefficient (Wildman–Crippen LogP) is 2.17. The number of hydrogen-bond acceptors (Lipinski definition) is 6. The molecule has 0 heterocycles. The molecule has 1 rings (SSSR count). The highest BCUT2D eigenvalue weighted by atomic mass is 32.2. The van der Waals surface area contributed by atoms with E-state index in [4.69, 9.17) is 15.2 Å². The van der Waals surface area contributed by atoms with Crippen LogP contribution >= 0.6 is 11.8 Å². The summed E-state index contributed by atoms with van der Waals surface area (Å²) in [5.41, 5.74) is 5.67. The molecule has 0 bridgehead atoms. The van der Waals surface area contributed by atoms with Crippen molar-refractivity contribution < 1.29 is 14.4 Å². The number of thioether (sulfide) groups is 1. The molecule has 0 saturated heterocycles. The Bertz CT molecular complexity index is 467. The standard InChI is InChI=1S/C12H20N2O4SSi/c1-4-17-12(20-3,18-5-2)19-9-6-7-10(13)11(8-9)14(15)16/h6-8H,4-5,13,20H2,1-3H3. The Balaban J connectivity index is 3.04. The topological polar surface area (TPSA) is 87.6 Å². The number of hydrogen-bond donors (Lipinski definition) is 1. The maximum absolute atomic E-state index is 10.9. The maximum Gasteiger partial charge on any atom is 0.293 e. The lowest BCUT2D eigenvalue weighted by molar-refractivity contribution is -0.384. The van der Waals surface area contributed by atoms with Crippen LogP contribution in [0.5, 0.6) is 0 Å². The van der Waals surface area contributed by atoms with Gasteiger partial charge in [-0.3, -0.25) is 10.1 Å². The van der Waals surface area contributed by atoms with Crippen molar-refractivity contribution >= 4 is 32.7 Å². The van der Waals surface area contributed by atoms with Gasteiger partial charge in [0.1, 0.15) is 15.2 Å². The first-order chi connectivity index (χ1) is 9.48. The van der Waals surface area contributed by atoms with Crippen molar-refractivity contribution in [1.82, 2.24) is 0 Å². The van der Waals surface area contributed by atoms with Gasteiger partial charge >= 0.3 is 0 Å². The van der Waals surface area contributed by atoms with Crippen LogP contribution in [0, 0.1) is 10.1 Å². The number of nitro groups is 1.